The van der Waals surface area contributed by atoms with E-state index in [1.54, 1.807) is 30.3 Å². The molecule has 1 fully saturated rings. The number of nitrogens with zero attached hydrogens (tertiary/aromatic N) is 2. The molecule has 0 unspecified atom stereocenters. The molecule has 126 valence electrons. The van der Waals surface area contributed by atoms with Crippen molar-refractivity contribution in [1.82, 2.24) is 9.80 Å². The Kier molecular flexibility index (Phi) is 5.39. The van der Waals surface area contributed by atoms with Crippen molar-refractivity contribution in [1.29, 1.82) is 0 Å². The number of halogens is 3. The van der Waals surface area contributed by atoms with Crippen LogP contribution in [0, 0.1) is 5.82 Å². The Bertz CT molecular complexity index is 728. The highest BCUT2D eigenvalue weighted by Gasteiger charge is 2.22. The van der Waals surface area contributed by atoms with E-state index >= 15 is 0 Å². The number of piperazine rings is 1. The van der Waals surface area contributed by atoms with Crippen LogP contribution in [0.1, 0.15) is 15.9 Å². The van der Waals surface area contributed by atoms with Gasteiger partial charge < -0.3 is 4.90 Å². The van der Waals surface area contributed by atoms with E-state index in [1.807, 2.05) is 4.90 Å². The van der Waals surface area contributed by atoms with Gasteiger partial charge in [0.2, 0.25) is 0 Å². The number of carbonyl (C=O) groups excluding carboxylic acids is 1. The Balaban J connectivity index is 1.57. The summed E-state index contributed by atoms with van der Waals surface area (Å²) in [4.78, 5) is 16.5. The van der Waals surface area contributed by atoms with Crippen molar-refractivity contribution in [3.63, 3.8) is 0 Å². The summed E-state index contributed by atoms with van der Waals surface area (Å²) < 4.78 is 13.1. The van der Waals surface area contributed by atoms with Gasteiger partial charge in [-0.15, -0.1) is 0 Å². The minimum Gasteiger partial charge on any atom is -0.336 e. The second-order valence-corrected chi connectivity index (χ2v) is 6.65. The van der Waals surface area contributed by atoms with Crippen molar-refractivity contribution >= 4 is 29.1 Å². The first-order chi connectivity index (χ1) is 11.5. The van der Waals surface area contributed by atoms with Gasteiger partial charge in [0.05, 0.1) is 0 Å². The number of amides is 1. The molecule has 6 heteroatoms. The van der Waals surface area contributed by atoms with E-state index in [2.05, 4.69) is 4.90 Å². The average Bonchev–Trinajstić information content (AvgIpc) is 2.58. The third-order valence-electron chi connectivity index (χ3n) is 4.16. The number of benzene rings is 2. The minimum atomic E-state index is -0.331. The van der Waals surface area contributed by atoms with Crippen molar-refractivity contribution in [3.8, 4) is 0 Å². The highest BCUT2D eigenvalue weighted by molar-refractivity contribution is 6.31. The zero-order chi connectivity index (χ0) is 17.1. The maximum absolute atomic E-state index is 13.1. The van der Waals surface area contributed by atoms with Crippen LogP contribution in [0.5, 0.6) is 0 Å². The lowest BCUT2D eigenvalue weighted by Crippen LogP contribution is -2.48. The summed E-state index contributed by atoms with van der Waals surface area (Å²) in [7, 11) is 0. The van der Waals surface area contributed by atoms with Gasteiger partial charge in [-0.25, -0.2) is 4.39 Å². The number of hydrogen-bond donors (Lipinski definition) is 0. The average molecular weight is 367 g/mol. The highest BCUT2D eigenvalue weighted by Crippen LogP contribution is 2.20. The number of carbonyl (C=O) groups is 1. The molecule has 1 saturated heterocycles. The van der Waals surface area contributed by atoms with Crippen LogP contribution in [0.25, 0.3) is 0 Å². The largest absolute Gasteiger partial charge is 0.336 e. The SMILES string of the molecule is O=C(c1ccc(Cl)cc1)N1CCN(Cc2ccc(F)cc2Cl)CC1. The van der Waals surface area contributed by atoms with E-state index in [0.717, 1.165) is 18.7 Å². The van der Waals surface area contributed by atoms with Crippen LogP contribution in [0.15, 0.2) is 42.5 Å². The zero-order valence-corrected chi connectivity index (χ0v) is 14.5. The van der Waals surface area contributed by atoms with Gasteiger partial charge >= 0.3 is 0 Å². The second kappa shape index (κ2) is 7.51. The van der Waals surface area contributed by atoms with E-state index < -0.39 is 0 Å². The lowest BCUT2D eigenvalue weighted by molar-refractivity contribution is 0.0628. The summed E-state index contributed by atoms with van der Waals surface area (Å²) in [6, 6.07) is 11.4. The van der Waals surface area contributed by atoms with Crippen molar-refractivity contribution in [3.05, 3.63) is 69.5 Å². The van der Waals surface area contributed by atoms with Crippen LogP contribution < -0.4 is 0 Å². The molecule has 2 aromatic carbocycles. The van der Waals surface area contributed by atoms with Gasteiger partial charge in [0.1, 0.15) is 5.82 Å². The predicted molar refractivity (Wildman–Crippen MR) is 94.0 cm³/mol. The van der Waals surface area contributed by atoms with Crippen molar-refractivity contribution in [2.24, 2.45) is 0 Å². The molecule has 0 aliphatic carbocycles. The topological polar surface area (TPSA) is 23.6 Å². The van der Waals surface area contributed by atoms with E-state index in [4.69, 9.17) is 23.2 Å². The Morgan fingerprint density at radius 1 is 1.00 bits per heavy atom. The van der Waals surface area contributed by atoms with Gasteiger partial charge in [-0.1, -0.05) is 29.3 Å². The molecule has 0 bridgehead atoms. The molecule has 0 saturated carbocycles. The van der Waals surface area contributed by atoms with Gasteiger partial charge in [-0.05, 0) is 42.0 Å². The Labute approximate surface area is 150 Å². The molecule has 1 amide bonds. The Morgan fingerprint density at radius 2 is 1.67 bits per heavy atom. The fourth-order valence-electron chi connectivity index (χ4n) is 2.77. The van der Waals surface area contributed by atoms with Gasteiger partial charge in [0, 0.05) is 48.3 Å². The van der Waals surface area contributed by atoms with E-state index in [-0.39, 0.29) is 11.7 Å². The lowest BCUT2D eigenvalue weighted by Gasteiger charge is -2.35. The summed E-state index contributed by atoms with van der Waals surface area (Å²) in [6.45, 7) is 3.47. The van der Waals surface area contributed by atoms with Gasteiger partial charge in [-0.3, -0.25) is 9.69 Å². The molecule has 3 rings (SSSR count). The molecule has 24 heavy (non-hydrogen) atoms. The Hall–Kier alpha value is -1.62. The Morgan fingerprint density at radius 3 is 2.29 bits per heavy atom. The number of hydrogen-bond acceptors (Lipinski definition) is 2. The van der Waals surface area contributed by atoms with Crippen molar-refractivity contribution < 1.29 is 9.18 Å². The standard InChI is InChI=1S/C18H17Cl2FN2O/c19-15-4-1-13(2-5-15)18(24)23-9-7-22(8-10-23)12-14-3-6-16(21)11-17(14)20/h1-6,11H,7-10,12H2. The number of rotatable bonds is 3. The molecule has 3 nitrogen and oxygen atoms in total. The molecule has 0 aromatic heterocycles. The first-order valence-electron chi connectivity index (χ1n) is 7.74. The fourth-order valence-corrected chi connectivity index (χ4v) is 3.13. The second-order valence-electron chi connectivity index (χ2n) is 5.81. The lowest BCUT2D eigenvalue weighted by atomic mass is 10.1. The smallest absolute Gasteiger partial charge is 0.253 e. The van der Waals surface area contributed by atoms with Crippen LogP contribution >= 0.6 is 23.2 Å². The zero-order valence-electron chi connectivity index (χ0n) is 13.0. The van der Waals surface area contributed by atoms with Crippen molar-refractivity contribution in [2.45, 2.75) is 6.54 Å². The van der Waals surface area contributed by atoms with E-state index in [1.165, 1.54) is 12.1 Å². The third kappa shape index (κ3) is 4.07. The summed E-state index contributed by atoms with van der Waals surface area (Å²) in [6.07, 6.45) is 0. The summed E-state index contributed by atoms with van der Waals surface area (Å²) >= 11 is 11.9. The summed E-state index contributed by atoms with van der Waals surface area (Å²) in [5.41, 5.74) is 1.55. The van der Waals surface area contributed by atoms with Crippen molar-refractivity contribution in [2.75, 3.05) is 26.2 Å². The van der Waals surface area contributed by atoms with Gasteiger partial charge in [0.15, 0.2) is 0 Å². The van der Waals surface area contributed by atoms with Crippen LogP contribution in [0.4, 0.5) is 4.39 Å². The monoisotopic (exact) mass is 366 g/mol. The van der Waals surface area contributed by atoms with E-state index in [0.29, 0.717) is 35.2 Å². The maximum atomic E-state index is 13.1. The first-order valence-corrected chi connectivity index (χ1v) is 8.49. The summed E-state index contributed by atoms with van der Waals surface area (Å²) in [5, 5.41) is 1.06. The van der Waals surface area contributed by atoms with Crippen LogP contribution in [0.3, 0.4) is 0 Å². The molecule has 1 heterocycles. The fraction of sp³-hybridized carbons (Fsp3) is 0.278. The maximum Gasteiger partial charge on any atom is 0.253 e. The predicted octanol–water partition coefficient (Wildman–Crippen LogP) is 4.09. The molecular formula is C18H17Cl2FN2O. The molecule has 0 spiro atoms. The molecule has 1 aliphatic heterocycles. The van der Waals surface area contributed by atoms with Gasteiger partial charge in [0.25, 0.3) is 5.91 Å². The third-order valence-corrected chi connectivity index (χ3v) is 4.76. The van der Waals surface area contributed by atoms with Crippen LogP contribution in [-0.4, -0.2) is 41.9 Å². The highest BCUT2D eigenvalue weighted by atomic mass is 35.5. The first kappa shape index (κ1) is 17.2. The molecule has 0 N–H and O–H groups in total. The molecule has 1 aliphatic rings. The summed E-state index contributed by atoms with van der Waals surface area (Å²) in [5.74, 6) is -0.312. The van der Waals surface area contributed by atoms with Crippen LogP contribution in [-0.2, 0) is 6.54 Å². The molecule has 2 aromatic rings. The molecule has 0 radical (unpaired) electrons. The quantitative estimate of drug-likeness (QED) is 0.816. The van der Waals surface area contributed by atoms with Gasteiger partial charge in [-0.2, -0.15) is 0 Å². The minimum absolute atomic E-state index is 0.0196. The van der Waals surface area contributed by atoms with Crippen LogP contribution in [0.2, 0.25) is 10.0 Å². The van der Waals surface area contributed by atoms with E-state index in [9.17, 15) is 9.18 Å². The molecule has 0 atom stereocenters. The molecular weight excluding hydrogens is 350 g/mol. The normalized spacial score (nSPS) is 15.5.